The van der Waals surface area contributed by atoms with Crippen LogP contribution < -0.4 is 10.1 Å². The molecular formula is C21H23N5O2. The van der Waals surface area contributed by atoms with Crippen molar-refractivity contribution in [2.24, 2.45) is 5.92 Å². The van der Waals surface area contributed by atoms with Crippen LogP contribution in [0.15, 0.2) is 30.7 Å². The van der Waals surface area contributed by atoms with Crippen LogP contribution in [0.2, 0.25) is 0 Å². The van der Waals surface area contributed by atoms with Crippen LogP contribution >= 0.6 is 0 Å². The highest BCUT2D eigenvalue weighted by atomic mass is 16.5. The first-order valence-electron chi connectivity index (χ1n) is 9.79. The van der Waals surface area contributed by atoms with Crippen LogP contribution in [0.4, 0.5) is 0 Å². The third-order valence-electron chi connectivity index (χ3n) is 5.60. The van der Waals surface area contributed by atoms with E-state index < -0.39 is 0 Å². The fourth-order valence-electron chi connectivity index (χ4n) is 3.67. The van der Waals surface area contributed by atoms with Gasteiger partial charge in [0.1, 0.15) is 0 Å². The number of carbonyl (C=O) groups is 1. The summed E-state index contributed by atoms with van der Waals surface area (Å²) >= 11 is 0. The van der Waals surface area contributed by atoms with Crippen molar-refractivity contribution in [2.45, 2.75) is 44.7 Å². The molecule has 7 heteroatoms. The molecule has 5 rings (SSSR count). The predicted molar refractivity (Wildman–Crippen MR) is 104 cm³/mol. The Balaban J connectivity index is 1.38. The highest BCUT2D eigenvalue weighted by Crippen LogP contribution is 2.46. The number of nitrogens with one attached hydrogen (secondary N) is 1. The molecule has 0 saturated heterocycles. The van der Waals surface area contributed by atoms with Crippen molar-refractivity contribution in [3.8, 4) is 5.88 Å². The molecule has 0 spiro atoms. The molecule has 3 aromatic heterocycles. The second kappa shape index (κ2) is 6.58. The van der Waals surface area contributed by atoms with Crippen molar-refractivity contribution in [3.63, 3.8) is 0 Å². The summed E-state index contributed by atoms with van der Waals surface area (Å²) < 4.78 is 7.73. The van der Waals surface area contributed by atoms with Crippen LogP contribution in [0.25, 0.3) is 10.9 Å². The van der Waals surface area contributed by atoms with E-state index in [-0.39, 0.29) is 5.54 Å². The van der Waals surface area contributed by atoms with Gasteiger partial charge in [0.15, 0.2) is 0 Å². The summed E-state index contributed by atoms with van der Waals surface area (Å²) in [5, 5.41) is 8.62. The Morgan fingerprint density at radius 2 is 2.21 bits per heavy atom. The zero-order valence-corrected chi connectivity index (χ0v) is 15.9. The molecule has 3 heterocycles. The number of aromatic nitrogens is 4. The van der Waals surface area contributed by atoms with Gasteiger partial charge in [0.05, 0.1) is 29.9 Å². The highest BCUT2D eigenvalue weighted by Gasteiger charge is 2.46. The average molecular weight is 377 g/mol. The summed E-state index contributed by atoms with van der Waals surface area (Å²) in [6.45, 7) is 3.42. The smallest absolute Gasteiger partial charge is 0.216 e. The van der Waals surface area contributed by atoms with Crippen molar-refractivity contribution in [1.29, 1.82) is 0 Å². The molecule has 2 aliphatic carbocycles. The van der Waals surface area contributed by atoms with Crippen molar-refractivity contribution >= 4 is 17.3 Å². The van der Waals surface area contributed by atoms with Gasteiger partial charge in [-0.2, -0.15) is 5.10 Å². The number of hydrogen-bond donors (Lipinski definition) is 1. The highest BCUT2D eigenvalue weighted by molar-refractivity contribution is 5.82. The van der Waals surface area contributed by atoms with Crippen LogP contribution in [-0.2, 0) is 16.9 Å². The van der Waals surface area contributed by atoms with Crippen LogP contribution in [0.1, 0.15) is 42.5 Å². The Labute approximate surface area is 163 Å². The number of ether oxygens (including phenoxy) is 1. The minimum atomic E-state index is -0.326. The number of nitrogens with zero attached hydrogens (tertiary/aromatic N) is 4. The van der Waals surface area contributed by atoms with Gasteiger partial charge in [0, 0.05) is 29.5 Å². The van der Waals surface area contributed by atoms with Crippen LogP contribution in [0, 0.1) is 12.8 Å². The van der Waals surface area contributed by atoms with E-state index in [1.807, 2.05) is 30.1 Å². The molecule has 0 aliphatic heterocycles. The van der Waals surface area contributed by atoms with Gasteiger partial charge in [-0.3, -0.25) is 14.5 Å². The normalized spacial score (nSPS) is 17.5. The fraction of sp³-hybridized carbons (Fsp3) is 0.429. The van der Waals surface area contributed by atoms with Crippen molar-refractivity contribution in [2.75, 3.05) is 6.61 Å². The van der Waals surface area contributed by atoms with Crippen molar-refractivity contribution in [3.05, 3.63) is 47.5 Å². The third kappa shape index (κ3) is 3.21. The number of hydrogen-bond acceptors (Lipinski definition) is 5. The molecule has 0 unspecified atom stereocenters. The molecule has 1 amide bonds. The Morgan fingerprint density at radius 1 is 1.36 bits per heavy atom. The first-order chi connectivity index (χ1) is 13.7. The summed E-state index contributed by atoms with van der Waals surface area (Å²) in [6, 6.07) is 4.02. The van der Waals surface area contributed by atoms with E-state index in [4.69, 9.17) is 9.84 Å². The Morgan fingerprint density at radius 3 is 2.93 bits per heavy atom. The van der Waals surface area contributed by atoms with Crippen LogP contribution in [-0.4, -0.2) is 32.8 Å². The maximum absolute atomic E-state index is 11.0. The minimum Gasteiger partial charge on any atom is -0.477 e. The summed E-state index contributed by atoms with van der Waals surface area (Å²) in [4.78, 5) is 20.0. The van der Waals surface area contributed by atoms with E-state index in [0.29, 0.717) is 12.5 Å². The lowest BCUT2D eigenvalue weighted by atomic mass is 10.1. The zero-order chi connectivity index (χ0) is 19.1. The molecule has 0 aromatic carbocycles. The van der Waals surface area contributed by atoms with Crippen molar-refractivity contribution < 1.29 is 9.53 Å². The van der Waals surface area contributed by atoms with Gasteiger partial charge in [0.2, 0.25) is 12.3 Å². The third-order valence-corrected chi connectivity index (χ3v) is 5.60. The summed E-state index contributed by atoms with van der Waals surface area (Å²) in [6.07, 6.45) is 10.8. The maximum atomic E-state index is 11.0. The molecule has 1 N–H and O–H groups in total. The number of carbonyl (C=O) groups excluding carboxylic acids is 1. The van der Waals surface area contributed by atoms with E-state index in [1.54, 1.807) is 6.20 Å². The second-order valence-corrected chi connectivity index (χ2v) is 7.98. The van der Waals surface area contributed by atoms with Gasteiger partial charge in [-0.1, -0.05) is 0 Å². The largest absolute Gasteiger partial charge is 0.477 e. The summed E-state index contributed by atoms with van der Waals surface area (Å²) in [5.74, 6) is 1.44. The Hall–Kier alpha value is -2.96. The van der Waals surface area contributed by atoms with Crippen LogP contribution in [0.3, 0.4) is 0 Å². The molecule has 0 atom stereocenters. The van der Waals surface area contributed by atoms with Gasteiger partial charge >= 0.3 is 0 Å². The van der Waals surface area contributed by atoms with Gasteiger partial charge in [-0.15, -0.1) is 0 Å². The van der Waals surface area contributed by atoms with E-state index in [9.17, 15) is 4.79 Å². The molecule has 7 nitrogen and oxygen atoms in total. The van der Waals surface area contributed by atoms with E-state index in [2.05, 4.69) is 21.4 Å². The lowest BCUT2D eigenvalue weighted by Gasteiger charge is -2.13. The Kier molecular flexibility index (Phi) is 4.03. The zero-order valence-electron chi connectivity index (χ0n) is 15.9. The number of rotatable bonds is 8. The lowest BCUT2D eigenvalue weighted by molar-refractivity contribution is -0.110. The molecule has 2 saturated carbocycles. The standard InChI is InChI=1S/C21H23N5O2/c1-14-8-16(9-23-20(14)28-12-15-2-3-15)10-26-11-17-18(25-26)4-7-22-19(17)21(5-6-21)24-13-27/h4,7-9,11,13,15H,2-3,5-6,10,12H2,1H3,(H,24,27). The summed E-state index contributed by atoms with van der Waals surface area (Å²) in [7, 11) is 0. The quantitative estimate of drug-likeness (QED) is 0.611. The predicted octanol–water partition coefficient (Wildman–Crippen LogP) is 2.71. The second-order valence-electron chi connectivity index (χ2n) is 7.98. The molecule has 28 heavy (non-hydrogen) atoms. The lowest BCUT2D eigenvalue weighted by Crippen LogP contribution is -2.28. The van der Waals surface area contributed by atoms with Gasteiger partial charge in [-0.05, 0) is 56.2 Å². The number of aryl methyl sites for hydroxylation is 1. The number of fused-ring (bicyclic) bond motifs is 1. The SMILES string of the molecule is Cc1cc(Cn2cc3c(C4(NC=O)CC4)nccc3n2)cnc1OCC1CC1. The molecule has 144 valence electrons. The molecule has 3 aromatic rings. The first-order valence-corrected chi connectivity index (χ1v) is 9.79. The maximum Gasteiger partial charge on any atom is 0.216 e. The average Bonchev–Trinajstić information content (AvgIpc) is 3.60. The minimum absolute atomic E-state index is 0.326. The van der Waals surface area contributed by atoms with Crippen LogP contribution in [0.5, 0.6) is 5.88 Å². The molecule has 2 fully saturated rings. The van der Waals surface area contributed by atoms with Gasteiger partial charge in [0.25, 0.3) is 0 Å². The Bertz CT molecular complexity index is 1040. The first kappa shape index (κ1) is 17.2. The van der Waals surface area contributed by atoms with Gasteiger partial charge in [-0.25, -0.2) is 4.98 Å². The summed E-state index contributed by atoms with van der Waals surface area (Å²) in [5.41, 5.74) is 3.59. The molecule has 0 radical (unpaired) electrons. The van der Waals surface area contributed by atoms with Gasteiger partial charge < -0.3 is 10.1 Å². The van der Waals surface area contributed by atoms with Crippen molar-refractivity contribution in [1.82, 2.24) is 25.1 Å². The van der Waals surface area contributed by atoms with E-state index in [0.717, 1.165) is 59.5 Å². The molecular weight excluding hydrogens is 354 g/mol. The number of amides is 1. The molecule has 0 bridgehead atoms. The van der Waals surface area contributed by atoms with E-state index in [1.165, 1.54) is 12.8 Å². The number of pyridine rings is 2. The monoisotopic (exact) mass is 377 g/mol. The fourth-order valence-corrected chi connectivity index (χ4v) is 3.67. The molecule has 2 aliphatic rings. The topological polar surface area (TPSA) is 81.9 Å². The van der Waals surface area contributed by atoms with E-state index >= 15 is 0 Å².